The molecule has 0 atom stereocenters. The number of rotatable bonds is 0. The molecule has 2 nitrogen and oxygen atoms in total. The zero-order chi connectivity index (χ0) is 11.9. The lowest BCUT2D eigenvalue weighted by Gasteiger charge is -1.92. The van der Waals surface area contributed by atoms with Crippen molar-refractivity contribution in [2.75, 3.05) is 0 Å². The van der Waals surface area contributed by atoms with E-state index in [-0.39, 0.29) is 5.43 Å². The molecule has 0 spiro atoms. The number of benzene rings is 2. The summed E-state index contributed by atoms with van der Waals surface area (Å²) in [6.07, 6.45) is 3.20. The van der Waals surface area contributed by atoms with Crippen molar-refractivity contribution >= 4 is 10.8 Å². The second-order valence-corrected chi connectivity index (χ2v) is 3.58. The molecule has 3 aromatic rings. The average Bonchev–Trinajstić information content (AvgIpc) is 2.41. The van der Waals surface area contributed by atoms with Gasteiger partial charge in [-0.2, -0.15) is 0 Å². The standard InChI is InChI=1S/C10H8.C5H5NO/c1-2-6-10-8-4-3-7-9(10)5-1;7-5-1-3-6-4-2-5/h1-8H;1-4H,(H,6,7). The summed E-state index contributed by atoms with van der Waals surface area (Å²) in [5.74, 6) is 0. The molecule has 1 heterocycles. The van der Waals surface area contributed by atoms with Crippen LogP contribution in [0, 0.1) is 0 Å². The quantitative estimate of drug-likeness (QED) is 0.623. The SMILES string of the molecule is O=c1cc[nH]cc1.c1ccc2ccccc2c1. The van der Waals surface area contributed by atoms with Crippen molar-refractivity contribution in [2.24, 2.45) is 0 Å². The Kier molecular flexibility index (Phi) is 3.71. The minimum Gasteiger partial charge on any atom is -0.367 e. The third-order valence-corrected chi connectivity index (χ3v) is 2.35. The lowest BCUT2D eigenvalue weighted by molar-refractivity contribution is 1.31. The molecule has 0 radical (unpaired) electrons. The summed E-state index contributed by atoms with van der Waals surface area (Å²) in [7, 11) is 0. The third kappa shape index (κ3) is 3.31. The van der Waals surface area contributed by atoms with Crippen LogP contribution >= 0.6 is 0 Å². The van der Waals surface area contributed by atoms with Crippen LogP contribution in [0.5, 0.6) is 0 Å². The Hall–Kier alpha value is -2.35. The average molecular weight is 223 g/mol. The number of H-pyrrole nitrogens is 1. The summed E-state index contributed by atoms with van der Waals surface area (Å²) in [6.45, 7) is 0. The van der Waals surface area contributed by atoms with E-state index in [1.165, 1.54) is 22.9 Å². The maximum absolute atomic E-state index is 10.2. The highest BCUT2D eigenvalue weighted by Gasteiger charge is 1.85. The van der Waals surface area contributed by atoms with Gasteiger partial charge in [-0.1, -0.05) is 48.5 Å². The van der Waals surface area contributed by atoms with Crippen molar-refractivity contribution in [3.05, 3.63) is 83.3 Å². The molecule has 0 aliphatic carbocycles. The zero-order valence-corrected chi connectivity index (χ0v) is 9.34. The third-order valence-electron chi connectivity index (χ3n) is 2.35. The maximum atomic E-state index is 10.2. The fraction of sp³-hybridized carbons (Fsp3) is 0. The molecule has 17 heavy (non-hydrogen) atoms. The van der Waals surface area contributed by atoms with E-state index in [0.29, 0.717) is 0 Å². The van der Waals surface area contributed by atoms with Gasteiger partial charge in [0.25, 0.3) is 0 Å². The van der Waals surface area contributed by atoms with Crippen LogP contribution in [-0.4, -0.2) is 4.98 Å². The van der Waals surface area contributed by atoms with E-state index in [2.05, 4.69) is 53.5 Å². The summed E-state index contributed by atoms with van der Waals surface area (Å²) >= 11 is 0. The molecule has 0 saturated carbocycles. The second-order valence-electron chi connectivity index (χ2n) is 3.58. The van der Waals surface area contributed by atoms with Gasteiger partial charge in [0, 0.05) is 24.5 Å². The molecule has 1 aromatic heterocycles. The van der Waals surface area contributed by atoms with E-state index in [4.69, 9.17) is 0 Å². The van der Waals surface area contributed by atoms with E-state index in [0.717, 1.165) is 0 Å². The maximum Gasteiger partial charge on any atom is 0.181 e. The van der Waals surface area contributed by atoms with Crippen LogP contribution in [0.15, 0.2) is 77.9 Å². The van der Waals surface area contributed by atoms with Crippen LogP contribution in [0.4, 0.5) is 0 Å². The molecule has 84 valence electrons. The molecular weight excluding hydrogens is 210 g/mol. The number of fused-ring (bicyclic) bond motifs is 1. The summed E-state index contributed by atoms with van der Waals surface area (Å²) in [5.41, 5.74) is 0.0405. The largest absolute Gasteiger partial charge is 0.367 e. The summed E-state index contributed by atoms with van der Waals surface area (Å²) < 4.78 is 0. The molecule has 0 saturated heterocycles. The van der Waals surface area contributed by atoms with Gasteiger partial charge in [0.05, 0.1) is 0 Å². The van der Waals surface area contributed by atoms with Gasteiger partial charge in [0.15, 0.2) is 5.43 Å². The number of nitrogens with one attached hydrogen (secondary N) is 1. The van der Waals surface area contributed by atoms with Crippen molar-refractivity contribution in [1.82, 2.24) is 4.98 Å². The van der Waals surface area contributed by atoms with Crippen LogP contribution in [0.3, 0.4) is 0 Å². The van der Waals surface area contributed by atoms with Crippen LogP contribution < -0.4 is 5.43 Å². The van der Waals surface area contributed by atoms with Gasteiger partial charge >= 0.3 is 0 Å². The van der Waals surface area contributed by atoms with E-state index in [1.54, 1.807) is 12.4 Å². The highest BCUT2D eigenvalue weighted by molar-refractivity contribution is 5.81. The first-order valence-electron chi connectivity index (χ1n) is 5.43. The van der Waals surface area contributed by atoms with E-state index in [1.807, 2.05) is 0 Å². The Labute approximate surface area is 99.6 Å². The first-order chi connectivity index (χ1) is 8.36. The summed E-state index contributed by atoms with van der Waals surface area (Å²) in [5, 5.41) is 2.62. The fourth-order valence-electron chi connectivity index (χ4n) is 1.50. The number of aromatic nitrogens is 1. The normalized spacial score (nSPS) is 9.41. The number of pyridine rings is 1. The molecule has 1 N–H and O–H groups in total. The topological polar surface area (TPSA) is 32.9 Å². The number of hydrogen-bond acceptors (Lipinski definition) is 1. The van der Waals surface area contributed by atoms with Gasteiger partial charge in [0.1, 0.15) is 0 Å². The minimum atomic E-state index is 0.0405. The van der Waals surface area contributed by atoms with Gasteiger partial charge in [-0.25, -0.2) is 0 Å². The van der Waals surface area contributed by atoms with E-state index in [9.17, 15) is 4.79 Å². The zero-order valence-electron chi connectivity index (χ0n) is 9.34. The first-order valence-corrected chi connectivity index (χ1v) is 5.43. The fourth-order valence-corrected chi connectivity index (χ4v) is 1.50. The van der Waals surface area contributed by atoms with Crippen LogP contribution in [0.25, 0.3) is 10.8 Å². The van der Waals surface area contributed by atoms with Crippen LogP contribution in [-0.2, 0) is 0 Å². The molecular formula is C15H13NO. The molecule has 0 bridgehead atoms. The van der Waals surface area contributed by atoms with E-state index >= 15 is 0 Å². The van der Waals surface area contributed by atoms with Crippen molar-refractivity contribution < 1.29 is 0 Å². The number of hydrogen-bond donors (Lipinski definition) is 1. The van der Waals surface area contributed by atoms with Gasteiger partial charge in [-0.15, -0.1) is 0 Å². The molecule has 0 aliphatic heterocycles. The second kappa shape index (κ2) is 5.66. The van der Waals surface area contributed by atoms with Gasteiger partial charge in [0.2, 0.25) is 0 Å². The lowest BCUT2D eigenvalue weighted by Crippen LogP contribution is -1.92. The number of aromatic amines is 1. The van der Waals surface area contributed by atoms with Crippen molar-refractivity contribution in [3.63, 3.8) is 0 Å². The van der Waals surface area contributed by atoms with Gasteiger partial charge in [-0.05, 0) is 10.8 Å². The Bertz CT molecular complexity index is 560. The molecule has 0 unspecified atom stereocenters. The molecule has 2 aromatic carbocycles. The summed E-state index contributed by atoms with van der Waals surface area (Å²) in [6, 6.07) is 19.7. The van der Waals surface area contributed by atoms with Crippen LogP contribution in [0.2, 0.25) is 0 Å². The lowest BCUT2D eigenvalue weighted by atomic mass is 10.1. The molecule has 0 aliphatic rings. The van der Waals surface area contributed by atoms with Gasteiger partial charge in [-0.3, -0.25) is 4.79 Å². The Morgan fingerprint density at radius 3 is 1.35 bits per heavy atom. The van der Waals surface area contributed by atoms with Crippen LogP contribution in [0.1, 0.15) is 0 Å². The van der Waals surface area contributed by atoms with E-state index < -0.39 is 0 Å². The monoisotopic (exact) mass is 223 g/mol. The van der Waals surface area contributed by atoms with Crippen molar-refractivity contribution in [2.45, 2.75) is 0 Å². The predicted molar refractivity (Wildman–Crippen MR) is 71.0 cm³/mol. The molecule has 0 fully saturated rings. The minimum absolute atomic E-state index is 0.0405. The predicted octanol–water partition coefficient (Wildman–Crippen LogP) is 3.21. The molecule has 3 rings (SSSR count). The first kappa shape index (κ1) is 11.1. The highest BCUT2D eigenvalue weighted by Crippen LogP contribution is 2.11. The van der Waals surface area contributed by atoms with Gasteiger partial charge < -0.3 is 4.98 Å². The highest BCUT2D eigenvalue weighted by atomic mass is 16.1. The molecule has 0 amide bonds. The van der Waals surface area contributed by atoms with Crippen molar-refractivity contribution in [3.8, 4) is 0 Å². The van der Waals surface area contributed by atoms with Crippen molar-refractivity contribution in [1.29, 1.82) is 0 Å². The Morgan fingerprint density at radius 1 is 0.647 bits per heavy atom. The molecule has 2 heteroatoms. The Balaban J connectivity index is 0.000000136. The Morgan fingerprint density at radius 2 is 1.06 bits per heavy atom. The smallest absolute Gasteiger partial charge is 0.181 e. The summed E-state index contributed by atoms with van der Waals surface area (Å²) in [4.78, 5) is 13.0.